The summed E-state index contributed by atoms with van der Waals surface area (Å²) in [6, 6.07) is 0.603. The van der Waals surface area contributed by atoms with Gasteiger partial charge >= 0.3 is 0 Å². The molecule has 1 unspecified atom stereocenters. The van der Waals surface area contributed by atoms with Gasteiger partial charge in [0, 0.05) is 54.6 Å². The van der Waals surface area contributed by atoms with Crippen LogP contribution in [0.3, 0.4) is 0 Å². The number of nitrogens with zero attached hydrogens (tertiary/aromatic N) is 2. The first-order valence-corrected chi connectivity index (χ1v) is 8.78. The van der Waals surface area contributed by atoms with Crippen LogP contribution in [0.2, 0.25) is 0 Å². The lowest BCUT2D eigenvalue weighted by atomic mass is 9.92. The average Bonchev–Trinajstić information content (AvgIpc) is 2.40. The maximum atomic E-state index is 3.46. The summed E-state index contributed by atoms with van der Waals surface area (Å²) >= 11 is 4.08. The van der Waals surface area contributed by atoms with Crippen LogP contribution in [0.1, 0.15) is 20.8 Å². The van der Waals surface area contributed by atoms with Crippen molar-refractivity contribution in [1.29, 1.82) is 0 Å². The van der Waals surface area contributed by atoms with Crippen molar-refractivity contribution in [1.82, 2.24) is 15.1 Å². The minimum Gasteiger partial charge on any atom is -0.295 e. The van der Waals surface area contributed by atoms with Crippen LogP contribution in [0.15, 0.2) is 0 Å². The van der Waals surface area contributed by atoms with Gasteiger partial charge in [0.15, 0.2) is 0 Å². The van der Waals surface area contributed by atoms with E-state index in [9.17, 15) is 0 Å². The molecule has 5 heteroatoms. The molecule has 2 aliphatic rings. The van der Waals surface area contributed by atoms with Gasteiger partial charge in [-0.15, -0.1) is 11.8 Å². The molecular weight excluding hydrogens is 250 g/mol. The predicted molar refractivity (Wildman–Crippen MR) is 79.6 cm³/mol. The Morgan fingerprint density at radius 2 is 1.88 bits per heavy atom. The van der Waals surface area contributed by atoms with Crippen LogP contribution in [-0.2, 0) is 0 Å². The Morgan fingerprint density at radius 1 is 1.18 bits per heavy atom. The normalized spacial score (nSPS) is 27.0. The van der Waals surface area contributed by atoms with E-state index in [1.165, 1.54) is 30.5 Å². The standard InChI is InChI=1S/C12H25N3S2/c1-11(14-8-13-9-17-10-14)12(2,3)15-4-6-16-7-5-15/h11,13H,4-10H2,1-3H3. The summed E-state index contributed by atoms with van der Waals surface area (Å²) in [7, 11) is 0. The first kappa shape index (κ1) is 14.0. The Bertz CT molecular complexity index is 236. The molecule has 1 N–H and O–H groups in total. The number of rotatable bonds is 3. The molecule has 3 nitrogen and oxygen atoms in total. The van der Waals surface area contributed by atoms with Gasteiger partial charge in [0.25, 0.3) is 0 Å². The Labute approximate surface area is 114 Å². The fraction of sp³-hybridized carbons (Fsp3) is 1.00. The van der Waals surface area contributed by atoms with Crippen LogP contribution < -0.4 is 5.32 Å². The molecule has 2 saturated heterocycles. The number of hydrogen-bond donors (Lipinski definition) is 1. The zero-order valence-electron chi connectivity index (χ0n) is 11.2. The van der Waals surface area contributed by atoms with E-state index in [2.05, 4.69) is 47.6 Å². The van der Waals surface area contributed by atoms with Crippen LogP contribution in [-0.4, -0.2) is 64.4 Å². The molecule has 0 aliphatic carbocycles. The van der Waals surface area contributed by atoms with Gasteiger partial charge < -0.3 is 0 Å². The molecular formula is C12H25N3S2. The molecule has 2 fully saturated rings. The van der Waals surface area contributed by atoms with Crippen LogP contribution in [0.25, 0.3) is 0 Å². The number of thioether (sulfide) groups is 2. The number of hydrogen-bond acceptors (Lipinski definition) is 5. The fourth-order valence-corrected chi connectivity index (χ4v) is 4.35. The van der Waals surface area contributed by atoms with E-state index in [1.54, 1.807) is 0 Å². The molecule has 100 valence electrons. The lowest BCUT2D eigenvalue weighted by Crippen LogP contribution is -2.61. The minimum atomic E-state index is 0.278. The van der Waals surface area contributed by atoms with E-state index in [4.69, 9.17) is 0 Å². The second-order valence-corrected chi connectivity index (χ2v) is 7.58. The number of nitrogens with one attached hydrogen (secondary N) is 1. The lowest BCUT2D eigenvalue weighted by Gasteiger charge is -2.49. The van der Waals surface area contributed by atoms with Crippen molar-refractivity contribution in [2.24, 2.45) is 0 Å². The maximum Gasteiger partial charge on any atom is 0.0498 e. The van der Waals surface area contributed by atoms with Gasteiger partial charge in [0.2, 0.25) is 0 Å². The maximum absolute atomic E-state index is 3.46. The zero-order chi connectivity index (χ0) is 12.3. The van der Waals surface area contributed by atoms with Crippen molar-refractivity contribution in [3.05, 3.63) is 0 Å². The third kappa shape index (κ3) is 3.32. The Morgan fingerprint density at radius 3 is 2.47 bits per heavy atom. The predicted octanol–water partition coefficient (Wildman–Crippen LogP) is 1.71. The topological polar surface area (TPSA) is 18.5 Å². The van der Waals surface area contributed by atoms with Crippen molar-refractivity contribution < 1.29 is 0 Å². The van der Waals surface area contributed by atoms with Crippen molar-refractivity contribution in [2.45, 2.75) is 32.4 Å². The first-order chi connectivity index (χ1) is 8.12. The summed E-state index contributed by atoms with van der Waals surface area (Å²) in [5.74, 6) is 4.86. The zero-order valence-corrected chi connectivity index (χ0v) is 12.9. The molecule has 0 aromatic heterocycles. The molecule has 0 radical (unpaired) electrons. The van der Waals surface area contributed by atoms with Crippen molar-refractivity contribution in [3.8, 4) is 0 Å². The summed E-state index contributed by atoms with van der Waals surface area (Å²) in [6.07, 6.45) is 0. The molecule has 0 aromatic carbocycles. The van der Waals surface area contributed by atoms with Crippen molar-refractivity contribution >= 4 is 23.5 Å². The quantitative estimate of drug-likeness (QED) is 0.843. The van der Waals surface area contributed by atoms with Gasteiger partial charge in [0.1, 0.15) is 0 Å². The molecule has 0 aromatic rings. The van der Waals surface area contributed by atoms with Gasteiger partial charge in [-0.05, 0) is 20.8 Å². The van der Waals surface area contributed by atoms with E-state index in [0.717, 1.165) is 12.5 Å². The Balaban J connectivity index is 1.96. The highest BCUT2D eigenvalue weighted by Crippen LogP contribution is 2.27. The largest absolute Gasteiger partial charge is 0.295 e. The smallest absolute Gasteiger partial charge is 0.0498 e. The fourth-order valence-electron chi connectivity index (χ4n) is 2.57. The van der Waals surface area contributed by atoms with Crippen LogP contribution in [0.5, 0.6) is 0 Å². The Hall–Kier alpha value is 0.580. The first-order valence-electron chi connectivity index (χ1n) is 6.47. The van der Waals surface area contributed by atoms with Gasteiger partial charge in [-0.3, -0.25) is 15.1 Å². The molecule has 0 saturated carbocycles. The molecule has 2 aliphatic heterocycles. The highest BCUT2D eigenvalue weighted by Gasteiger charge is 2.36. The van der Waals surface area contributed by atoms with Gasteiger partial charge in [-0.2, -0.15) is 11.8 Å². The molecule has 17 heavy (non-hydrogen) atoms. The van der Waals surface area contributed by atoms with E-state index in [-0.39, 0.29) is 5.54 Å². The van der Waals surface area contributed by atoms with Crippen LogP contribution in [0.4, 0.5) is 0 Å². The summed E-state index contributed by atoms with van der Waals surface area (Å²) in [4.78, 5) is 5.24. The average molecular weight is 275 g/mol. The summed E-state index contributed by atoms with van der Waals surface area (Å²) in [5.41, 5.74) is 0.278. The van der Waals surface area contributed by atoms with Crippen LogP contribution >= 0.6 is 23.5 Å². The van der Waals surface area contributed by atoms with E-state index >= 15 is 0 Å². The van der Waals surface area contributed by atoms with Gasteiger partial charge in [-0.25, -0.2) is 0 Å². The van der Waals surface area contributed by atoms with Crippen molar-refractivity contribution in [3.63, 3.8) is 0 Å². The van der Waals surface area contributed by atoms with E-state index in [1.807, 2.05) is 11.8 Å². The molecule has 1 atom stereocenters. The van der Waals surface area contributed by atoms with Crippen molar-refractivity contribution in [2.75, 3.05) is 43.0 Å². The molecule has 0 amide bonds. The highest BCUT2D eigenvalue weighted by molar-refractivity contribution is 7.99. The highest BCUT2D eigenvalue weighted by atomic mass is 32.2. The minimum absolute atomic E-state index is 0.278. The molecule has 0 bridgehead atoms. The SMILES string of the molecule is CC(N1CNCSC1)C(C)(C)N1CCSCC1. The van der Waals surface area contributed by atoms with Gasteiger partial charge in [0.05, 0.1) is 0 Å². The summed E-state index contributed by atoms with van der Waals surface area (Å²) in [6.45, 7) is 10.7. The van der Waals surface area contributed by atoms with E-state index in [0.29, 0.717) is 6.04 Å². The Kier molecular flexibility index (Phi) is 5.06. The monoisotopic (exact) mass is 275 g/mol. The second kappa shape index (κ2) is 6.15. The van der Waals surface area contributed by atoms with E-state index < -0.39 is 0 Å². The second-order valence-electron chi connectivity index (χ2n) is 5.40. The molecule has 0 spiro atoms. The molecule has 2 rings (SSSR count). The van der Waals surface area contributed by atoms with Crippen LogP contribution in [0, 0.1) is 0 Å². The third-order valence-electron chi connectivity index (χ3n) is 4.17. The summed E-state index contributed by atoms with van der Waals surface area (Å²) in [5, 5.41) is 3.46. The van der Waals surface area contributed by atoms with Gasteiger partial charge in [-0.1, -0.05) is 0 Å². The lowest BCUT2D eigenvalue weighted by molar-refractivity contribution is 0.0373. The summed E-state index contributed by atoms with van der Waals surface area (Å²) < 4.78 is 0. The third-order valence-corrected chi connectivity index (χ3v) is 6.04. The molecule has 2 heterocycles.